The molecular weight excluding hydrogens is 220 g/mol. The Bertz CT molecular complexity index is 483. The number of nitrogens with one attached hydrogen (secondary N) is 1. The minimum Gasteiger partial charge on any atom is -0.493 e. The van der Waals surface area contributed by atoms with Crippen LogP contribution in [0.3, 0.4) is 0 Å². The molecule has 0 aromatic carbocycles. The third-order valence-electron chi connectivity index (χ3n) is 2.55. The van der Waals surface area contributed by atoms with E-state index < -0.39 is 0 Å². The van der Waals surface area contributed by atoms with Gasteiger partial charge in [0.15, 0.2) is 5.75 Å². The van der Waals surface area contributed by atoms with Crippen LogP contribution in [0.2, 0.25) is 0 Å². The number of nitrogens with two attached hydrogens (primary N) is 1. The van der Waals surface area contributed by atoms with Gasteiger partial charge in [-0.1, -0.05) is 0 Å². The fourth-order valence-corrected chi connectivity index (χ4v) is 1.72. The molecule has 0 aliphatic carbocycles. The maximum atomic E-state index is 5.59. The topological polar surface area (TPSA) is 90.9 Å². The summed E-state index contributed by atoms with van der Waals surface area (Å²) in [5.74, 6) is 6.27. The quantitative estimate of drug-likeness (QED) is 0.561. The van der Waals surface area contributed by atoms with Gasteiger partial charge in [-0.2, -0.15) is 15.3 Å². The Morgan fingerprint density at radius 1 is 1.41 bits per heavy atom. The zero-order valence-electron chi connectivity index (χ0n) is 9.66. The highest BCUT2D eigenvalue weighted by molar-refractivity contribution is 5.34. The van der Waals surface area contributed by atoms with Crippen LogP contribution in [0, 0.1) is 0 Å². The molecule has 0 saturated heterocycles. The van der Waals surface area contributed by atoms with Crippen molar-refractivity contribution in [2.45, 2.75) is 6.04 Å². The van der Waals surface area contributed by atoms with Crippen molar-refractivity contribution in [3.63, 3.8) is 0 Å². The minimum absolute atomic E-state index is 0.243. The van der Waals surface area contributed by atoms with Crippen molar-refractivity contribution >= 4 is 0 Å². The predicted octanol–water partition coefficient (Wildman–Crippen LogP) is -0.229. The van der Waals surface area contributed by atoms with Crippen LogP contribution >= 0.6 is 0 Å². The average Bonchev–Trinajstić information content (AvgIpc) is 2.74. The van der Waals surface area contributed by atoms with Gasteiger partial charge in [-0.3, -0.25) is 10.5 Å². The van der Waals surface area contributed by atoms with E-state index in [-0.39, 0.29) is 6.04 Å². The van der Waals surface area contributed by atoms with Gasteiger partial charge in [0.2, 0.25) is 0 Å². The lowest BCUT2D eigenvalue weighted by Gasteiger charge is -2.17. The van der Waals surface area contributed by atoms with Crippen molar-refractivity contribution in [1.29, 1.82) is 0 Å². The lowest BCUT2D eigenvalue weighted by molar-refractivity contribution is 0.401. The number of hydrogen-bond acceptors (Lipinski definition) is 6. The summed E-state index contributed by atoms with van der Waals surface area (Å²) in [6.07, 6.45) is 4.91. The zero-order chi connectivity index (χ0) is 12.3. The fraction of sp³-hybridized carbons (Fsp3) is 0.300. The lowest BCUT2D eigenvalue weighted by Crippen LogP contribution is -2.30. The first-order valence-electron chi connectivity index (χ1n) is 5.06. The molecule has 0 aliphatic heterocycles. The van der Waals surface area contributed by atoms with E-state index in [0.717, 1.165) is 11.3 Å². The maximum absolute atomic E-state index is 5.59. The summed E-state index contributed by atoms with van der Waals surface area (Å²) in [7, 11) is 3.43. The van der Waals surface area contributed by atoms with Gasteiger partial charge in [-0.05, 0) is 11.6 Å². The highest BCUT2D eigenvalue weighted by Crippen LogP contribution is 2.28. The third kappa shape index (κ3) is 2.10. The summed E-state index contributed by atoms with van der Waals surface area (Å²) >= 11 is 0. The van der Waals surface area contributed by atoms with E-state index in [1.54, 1.807) is 30.4 Å². The Hall–Kier alpha value is -1.99. The van der Waals surface area contributed by atoms with Gasteiger partial charge in [-0.15, -0.1) is 0 Å². The molecule has 0 aliphatic rings. The average molecular weight is 234 g/mol. The number of methoxy groups -OCH3 is 1. The normalized spacial score (nSPS) is 12.4. The molecule has 1 atom stereocenters. The molecule has 0 amide bonds. The number of aryl methyl sites for hydroxylation is 1. The number of ether oxygens (including phenoxy) is 1. The number of nitrogens with zero attached hydrogens (tertiary/aromatic N) is 4. The summed E-state index contributed by atoms with van der Waals surface area (Å²) in [5, 5.41) is 11.7. The summed E-state index contributed by atoms with van der Waals surface area (Å²) in [4.78, 5) is 0. The van der Waals surface area contributed by atoms with Gasteiger partial charge >= 0.3 is 0 Å². The standard InChI is InChI=1S/C10H14N6O/c1-16-10(8(17-2)6-14-16)9(15-11)7-3-4-12-13-5-7/h3-6,9,15H,11H2,1-2H3. The monoisotopic (exact) mass is 234 g/mol. The van der Waals surface area contributed by atoms with Gasteiger partial charge in [0.25, 0.3) is 0 Å². The maximum Gasteiger partial charge on any atom is 0.161 e. The first kappa shape index (κ1) is 11.5. The van der Waals surface area contributed by atoms with Crippen molar-refractivity contribution in [2.24, 2.45) is 12.9 Å². The number of rotatable bonds is 4. The molecule has 0 fully saturated rings. The van der Waals surface area contributed by atoms with Crippen LogP contribution in [0.15, 0.2) is 24.7 Å². The Balaban J connectivity index is 2.45. The highest BCUT2D eigenvalue weighted by Gasteiger charge is 2.21. The van der Waals surface area contributed by atoms with Crippen LogP contribution in [-0.4, -0.2) is 27.1 Å². The molecule has 7 nitrogen and oxygen atoms in total. The van der Waals surface area contributed by atoms with Crippen LogP contribution in [0.4, 0.5) is 0 Å². The zero-order valence-corrected chi connectivity index (χ0v) is 9.66. The molecule has 0 spiro atoms. The van der Waals surface area contributed by atoms with Crippen LogP contribution in [-0.2, 0) is 7.05 Å². The van der Waals surface area contributed by atoms with Crippen molar-refractivity contribution in [3.8, 4) is 5.75 Å². The highest BCUT2D eigenvalue weighted by atomic mass is 16.5. The molecule has 7 heteroatoms. The van der Waals surface area contributed by atoms with Crippen LogP contribution in [0.25, 0.3) is 0 Å². The van der Waals surface area contributed by atoms with E-state index >= 15 is 0 Å². The minimum atomic E-state index is -0.243. The van der Waals surface area contributed by atoms with Crippen molar-refractivity contribution < 1.29 is 4.74 Å². The van der Waals surface area contributed by atoms with E-state index in [0.29, 0.717) is 5.75 Å². The van der Waals surface area contributed by atoms with Crippen molar-refractivity contribution in [3.05, 3.63) is 35.9 Å². The molecule has 90 valence electrons. The molecule has 2 heterocycles. The number of hydrazine groups is 1. The van der Waals surface area contributed by atoms with Crippen LogP contribution < -0.4 is 16.0 Å². The molecule has 17 heavy (non-hydrogen) atoms. The second kappa shape index (κ2) is 4.89. The van der Waals surface area contributed by atoms with Gasteiger partial charge in [-0.25, -0.2) is 5.43 Å². The first-order valence-corrected chi connectivity index (χ1v) is 5.06. The van der Waals surface area contributed by atoms with E-state index in [9.17, 15) is 0 Å². The Labute approximate surface area is 98.6 Å². The summed E-state index contributed by atoms with van der Waals surface area (Å²) in [6, 6.07) is 1.59. The summed E-state index contributed by atoms with van der Waals surface area (Å²) < 4.78 is 6.97. The van der Waals surface area contributed by atoms with Gasteiger partial charge in [0.1, 0.15) is 5.69 Å². The molecule has 2 rings (SSSR count). The Morgan fingerprint density at radius 2 is 2.24 bits per heavy atom. The van der Waals surface area contributed by atoms with Gasteiger partial charge in [0, 0.05) is 13.2 Å². The van der Waals surface area contributed by atoms with Crippen LogP contribution in [0.5, 0.6) is 5.75 Å². The third-order valence-corrected chi connectivity index (χ3v) is 2.55. The van der Waals surface area contributed by atoms with E-state index in [4.69, 9.17) is 10.6 Å². The molecule has 2 aromatic rings. The summed E-state index contributed by atoms with van der Waals surface area (Å²) in [5.41, 5.74) is 4.46. The molecular formula is C10H14N6O. The van der Waals surface area contributed by atoms with E-state index in [2.05, 4.69) is 20.7 Å². The Morgan fingerprint density at radius 3 is 2.82 bits per heavy atom. The first-order chi connectivity index (χ1) is 8.27. The second-order valence-corrected chi connectivity index (χ2v) is 3.50. The van der Waals surface area contributed by atoms with Crippen molar-refractivity contribution in [2.75, 3.05) is 7.11 Å². The van der Waals surface area contributed by atoms with Crippen LogP contribution in [0.1, 0.15) is 17.3 Å². The molecule has 0 radical (unpaired) electrons. The number of aromatic nitrogens is 4. The SMILES string of the molecule is COc1cnn(C)c1C(NN)c1ccnnc1. The van der Waals surface area contributed by atoms with Gasteiger partial charge < -0.3 is 4.74 Å². The molecule has 0 saturated carbocycles. The van der Waals surface area contributed by atoms with E-state index in [1.165, 1.54) is 0 Å². The second-order valence-electron chi connectivity index (χ2n) is 3.50. The largest absolute Gasteiger partial charge is 0.493 e. The summed E-state index contributed by atoms with van der Waals surface area (Å²) in [6.45, 7) is 0. The smallest absolute Gasteiger partial charge is 0.161 e. The molecule has 2 aromatic heterocycles. The van der Waals surface area contributed by atoms with E-state index in [1.807, 2.05) is 13.1 Å². The lowest BCUT2D eigenvalue weighted by atomic mass is 10.1. The predicted molar refractivity (Wildman–Crippen MR) is 61.0 cm³/mol. The Kier molecular flexibility index (Phi) is 3.31. The fourth-order valence-electron chi connectivity index (χ4n) is 1.72. The molecule has 3 N–H and O–H groups in total. The van der Waals surface area contributed by atoms with Gasteiger partial charge in [0.05, 0.1) is 25.5 Å². The molecule has 0 bridgehead atoms. The van der Waals surface area contributed by atoms with Crippen molar-refractivity contribution in [1.82, 2.24) is 25.4 Å². The number of hydrogen-bond donors (Lipinski definition) is 2. The molecule has 1 unspecified atom stereocenters.